The number of rotatable bonds is 5. The van der Waals surface area contributed by atoms with E-state index in [0.29, 0.717) is 12.6 Å². The lowest BCUT2D eigenvalue weighted by Crippen LogP contribution is -2.44. The summed E-state index contributed by atoms with van der Waals surface area (Å²) in [5, 5.41) is 6.37. The van der Waals surface area contributed by atoms with Gasteiger partial charge in [-0.2, -0.15) is 0 Å². The first kappa shape index (κ1) is 17.2. The molecule has 2 fully saturated rings. The molecule has 0 radical (unpaired) electrons. The van der Waals surface area contributed by atoms with Crippen LogP contribution >= 0.6 is 0 Å². The fraction of sp³-hybridized carbons (Fsp3) is 0.632. The number of nitrogens with one attached hydrogen (secondary N) is 2. The topological polar surface area (TPSA) is 47.6 Å². The van der Waals surface area contributed by atoms with Gasteiger partial charge in [-0.25, -0.2) is 0 Å². The Bertz CT molecular complexity index is 517. The van der Waals surface area contributed by atoms with E-state index in [1.54, 1.807) is 0 Å². The Hall–Kier alpha value is -1.59. The van der Waals surface area contributed by atoms with Crippen LogP contribution in [0.5, 0.6) is 0 Å². The highest BCUT2D eigenvalue weighted by Gasteiger charge is 2.15. The zero-order valence-corrected chi connectivity index (χ0v) is 14.8. The molecule has 1 saturated carbocycles. The zero-order valence-electron chi connectivity index (χ0n) is 14.8. The van der Waals surface area contributed by atoms with Crippen LogP contribution in [0.2, 0.25) is 0 Å². The lowest BCUT2D eigenvalue weighted by Gasteiger charge is -2.34. The van der Waals surface area contributed by atoms with Crippen molar-refractivity contribution in [3.63, 3.8) is 0 Å². The third-order valence-electron chi connectivity index (χ3n) is 5.18. The van der Waals surface area contributed by atoms with Gasteiger partial charge < -0.3 is 20.4 Å². The van der Waals surface area contributed by atoms with Crippen molar-refractivity contribution in [1.29, 1.82) is 0 Å². The highest BCUT2D eigenvalue weighted by atomic mass is 16.1. The fourth-order valence-electron chi connectivity index (χ4n) is 3.57. The highest BCUT2D eigenvalue weighted by Crippen LogP contribution is 2.19. The van der Waals surface area contributed by atoms with Gasteiger partial charge in [0.1, 0.15) is 0 Å². The molecule has 0 atom stereocenters. The SMILES string of the molecule is CN1CCN(c2ccc(NC(=O)CNC3CCCCC3)cc2)CC1. The number of piperazine rings is 1. The van der Waals surface area contributed by atoms with E-state index in [1.807, 2.05) is 12.1 Å². The van der Waals surface area contributed by atoms with Crippen molar-refractivity contribution >= 4 is 17.3 Å². The molecule has 0 spiro atoms. The van der Waals surface area contributed by atoms with Gasteiger partial charge >= 0.3 is 0 Å². The molecule has 1 aliphatic heterocycles. The van der Waals surface area contributed by atoms with Gasteiger partial charge in [0, 0.05) is 43.6 Å². The Morgan fingerprint density at radius 3 is 2.38 bits per heavy atom. The minimum absolute atomic E-state index is 0.0490. The summed E-state index contributed by atoms with van der Waals surface area (Å²) in [7, 11) is 2.16. The Balaban J connectivity index is 1.44. The normalized spacial score (nSPS) is 20.1. The average molecular weight is 330 g/mol. The Labute approximate surface area is 145 Å². The Kier molecular flexibility index (Phi) is 6.10. The maximum Gasteiger partial charge on any atom is 0.238 e. The quantitative estimate of drug-likeness (QED) is 0.870. The predicted octanol–water partition coefficient (Wildman–Crippen LogP) is 2.30. The number of hydrogen-bond donors (Lipinski definition) is 2. The summed E-state index contributed by atoms with van der Waals surface area (Å²) in [5.74, 6) is 0.0490. The van der Waals surface area contributed by atoms with E-state index in [9.17, 15) is 4.79 Å². The number of anilines is 2. The van der Waals surface area contributed by atoms with Gasteiger partial charge in [-0.15, -0.1) is 0 Å². The van der Waals surface area contributed by atoms with E-state index < -0.39 is 0 Å². The van der Waals surface area contributed by atoms with Crippen LogP contribution < -0.4 is 15.5 Å². The van der Waals surface area contributed by atoms with Crippen LogP contribution in [0.3, 0.4) is 0 Å². The lowest BCUT2D eigenvalue weighted by atomic mass is 9.95. The molecule has 1 aromatic rings. The number of benzene rings is 1. The molecular weight excluding hydrogens is 300 g/mol. The summed E-state index contributed by atoms with van der Waals surface area (Å²) in [4.78, 5) is 16.8. The molecule has 2 aliphatic rings. The second kappa shape index (κ2) is 8.49. The number of hydrogen-bond acceptors (Lipinski definition) is 4. The molecule has 0 aromatic heterocycles. The van der Waals surface area contributed by atoms with Crippen LogP contribution in [0.4, 0.5) is 11.4 Å². The van der Waals surface area contributed by atoms with E-state index in [1.165, 1.54) is 37.8 Å². The van der Waals surface area contributed by atoms with Crippen LogP contribution in [0.1, 0.15) is 32.1 Å². The van der Waals surface area contributed by atoms with Crippen molar-refractivity contribution in [2.24, 2.45) is 0 Å². The maximum absolute atomic E-state index is 12.1. The number of likely N-dealkylation sites (N-methyl/N-ethyl adjacent to an activating group) is 1. The van der Waals surface area contributed by atoms with Gasteiger partial charge in [-0.3, -0.25) is 4.79 Å². The van der Waals surface area contributed by atoms with Crippen molar-refractivity contribution in [2.45, 2.75) is 38.1 Å². The minimum Gasteiger partial charge on any atom is -0.369 e. The number of carbonyl (C=O) groups is 1. The van der Waals surface area contributed by atoms with Crippen molar-refractivity contribution in [2.75, 3.05) is 50.0 Å². The van der Waals surface area contributed by atoms with Gasteiger partial charge in [0.05, 0.1) is 6.54 Å². The van der Waals surface area contributed by atoms with E-state index in [2.05, 4.69) is 39.6 Å². The molecule has 0 bridgehead atoms. The summed E-state index contributed by atoms with van der Waals surface area (Å²) < 4.78 is 0. The molecule has 24 heavy (non-hydrogen) atoms. The van der Waals surface area contributed by atoms with E-state index in [4.69, 9.17) is 0 Å². The first-order valence-corrected chi connectivity index (χ1v) is 9.27. The molecular formula is C19H30N4O. The molecule has 5 nitrogen and oxygen atoms in total. The van der Waals surface area contributed by atoms with Gasteiger partial charge in [0.2, 0.25) is 5.91 Å². The average Bonchev–Trinajstić information content (AvgIpc) is 2.62. The van der Waals surface area contributed by atoms with E-state index in [-0.39, 0.29) is 5.91 Å². The first-order valence-electron chi connectivity index (χ1n) is 9.27. The summed E-state index contributed by atoms with van der Waals surface area (Å²) in [6, 6.07) is 8.74. The summed E-state index contributed by atoms with van der Waals surface area (Å²) in [5.41, 5.74) is 2.12. The van der Waals surface area contributed by atoms with Crippen molar-refractivity contribution in [3.8, 4) is 0 Å². The van der Waals surface area contributed by atoms with Crippen LogP contribution in [0.25, 0.3) is 0 Å². The molecule has 0 unspecified atom stereocenters. The molecule has 1 saturated heterocycles. The summed E-state index contributed by atoms with van der Waals surface area (Å²) in [6.07, 6.45) is 6.31. The fourth-order valence-corrected chi connectivity index (χ4v) is 3.57. The van der Waals surface area contributed by atoms with Crippen molar-refractivity contribution in [1.82, 2.24) is 10.2 Å². The minimum atomic E-state index is 0.0490. The molecule has 1 amide bonds. The van der Waals surface area contributed by atoms with Crippen molar-refractivity contribution < 1.29 is 4.79 Å². The second-order valence-electron chi connectivity index (χ2n) is 7.10. The number of amides is 1. The smallest absolute Gasteiger partial charge is 0.238 e. The van der Waals surface area contributed by atoms with Crippen LogP contribution in [-0.4, -0.2) is 56.6 Å². The number of nitrogens with zero attached hydrogens (tertiary/aromatic N) is 2. The predicted molar refractivity (Wildman–Crippen MR) is 99.7 cm³/mol. The summed E-state index contributed by atoms with van der Waals surface area (Å²) in [6.45, 7) is 4.74. The lowest BCUT2D eigenvalue weighted by molar-refractivity contribution is -0.115. The number of carbonyl (C=O) groups excluding carboxylic acids is 1. The van der Waals surface area contributed by atoms with Crippen LogP contribution in [0, 0.1) is 0 Å². The van der Waals surface area contributed by atoms with Gasteiger partial charge in [0.15, 0.2) is 0 Å². The van der Waals surface area contributed by atoms with E-state index in [0.717, 1.165) is 31.9 Å². The largest absolute Gasteiger partial charge is 0.369 e. The van der Waals surface area contributed by atoms with Crippen molar-refractivity contribution in [3.05, 3.63) is 24.3 Å². The molecule has 1 heterocycles. The monoisotopic (exact) mass is 330 g/mol. The molecule has 3 rings (SSSR count). The molecule has 1 aliphatic carbocycles. The maximum atomic E-state index is 12.1. The van der Waals surface area contributed by atoms with Gasteiger partial charge in [-0.1, -0.05) is 19.3 Å². The van der Waals surface area contributed by atoms with Crippen LogP contribution in [-0.2, 0) is 4.79 Å². The Morgan fingerprint density at radius 1 is 1.04 bits per heavy atom. The van der Waals surface area contributed by atoms with Gasteiger partial charge in [-0.05, 0) is 44.2 Å². The first-order chi connectivity index (χ1) is 11.7. The highest BCUT2D eigenvalue weighted by molar-refractivity contribution is 5.92. The standard InChI is InChI=1S/C19H30N4O/c1-22-11-13-23(14-12-22)18-9-7-17(8-10-18)21-19(24)15-20-16-5-3-2-4-6-16/h7-10,16,20H,2-6,11-15H2,1H3,(H,21,24). The molecule has 1 aromatic carbocycles. The van der Waals surface area contributed by atoms with Gasteiger partial charge in [0.25, 0.3) is 0 Å². The third-order valence-corrected chi connectivity index (χ3v) is 5.18. The summed E-state index contributed by atoms with van der Waals surface area (Å²) >= 11 is 0. The van der Waals surface area contributed by atoms with Crippen LogP contribution in [0.15, 0.2) is 24.3 Å². The molecule has 2 N–H and O–H groups in total. The molecule has 5 heteroatoms. The van der Waals surface area contributed by atoms with E-state index >= 15 is 0 Å². The second-order valence-corrected chi connectivity index (χ2v) is 7.10. The Morgan fingerprint density at radius 2 is 1.71 bits per heavy atom. The zero-order chi connectivity index (χ0) is 16.8. The molecule has 132 valence electrons. The third kappa shape index (κ3) is 4.95.